The van der Waals surface area contributed by atoms with E-state index in [9.17, 15) is 4.39 Å². The van der Waals surface area contributed by atoms with E-state index in [4.69, 9.17) is 0 Å². The van der Waals surface area contributed by atoms with Gasteiger partial charge in [-0.1, -0.05) is 13.8 Å². The van der Waals surface area contributed by atoms with E-state index in [0.717, 1.165) is 37.2 Å². The van der Waals surface area contributed by atoms with E-state index in [-0.39, 0.29) is 11.9 Å². The van der Waals surface area contributed by atoms with Gasteiger partial charge in [0.05, 0.1) is 0 Å². The Labute approximate surface area is 123 Å². The second kappa shape index (κ2) is 8.25. The molecule has 3 heteroatoms. The number of benzene rings is 1. The monoisotopic (exact) mass is 280 g/mol. The third kappa shape index (κ3) is 4.20. The lowest BCUT2D eigenvalue weighted by Crippen LogP contribution is -2.34. The summed E-state index contributed by atoms with van der Waals surface area (Å²) in [6, 6.07) is 5.79. The molecule has 1 N–H and O–H groups in total. The van der Waals surface area contributed by atoms with Gasteiger partial charge in [-0.05, 0) is 63.9 Å². The molecule has 20 heavy (non-hydrogen) atoms. The lowest BCUT2D eigenvalue weighted by Gasteiger charge is -2.33. The molecule has 1 aromatic rings. The van der Waals surface area contributed by atoms with Crippen LogP contribution >= 0.6 is 0 Å². The quantitative estimate of drug-likeness (QED) is 0.753. The number of nitrogens with one attached hydrogen (secondary N) is 1. The minimum atomic E-state index is -0.158. The van der Waals surface area contributed by atoms with Crippen molar-refractivity contribution in [1.29, 1.82) is 0 Å². The van der Waals surface area contributed by atoms with Gasteiger partial charge in [0.1, 0.15) is 5.82 Å². The van der Waals surface area contributed by atoms with Crippen LogP contribution in [0.2, 0.25) is 0 Å². The largest absolute Gasteiger partial charge is 0.369 e. The first-order chi connectivity index (χ1) is 9.54. The number of halogens is 1. The SMILES string of the molecule is CCCNC(C)c1cc(F)ccc1N(CC)C(C)CC. The summed E-state index contributed by atoms with van der Waals surface area (Å²) in [5.41, 5.74) is 2.21. The Bertz CT molecular complexity index is 406. The molecule has 2 atom stereocenters. The molecule has 1 rings (SSSR count). The van der Waals surface area contributed by atoms with E-state index in [1.165, 1.54) is 0 Å². The Balaban J connectivity index is 3.11. The molecule has 0 aliphatic rings. The van der Waals surface area contributed by atoms with E-state index < -0.39 is 0 Å². The smallest absolute Gasteiger partial charge is 0.123 e. The summed E-state index contributed by atoms with van der Waals surface area (Å²) >= 11 is 0. The molecule has 0 amide bonds. The Morgan fingerprint density at radius 1 is 1.20 bits per heavy atom. The lowest BCUT2D eigenvalue weighted by atomic mass is 10.0. The molecule has 0 bridgehead atoms. The van der Waals surface area contributed by atoms with Crippen LogP contribution in [0.5, 0.6) is 0 Å². The van der Waals surface area contributed by atoms with Crippen LogP contribution in [0.25, 0.3) is 0 Å². The zero-order valence-electron chi connectivity index (χ0n) is 13.5. The second-order valence-electron chi connectivity index (χ2n) is 5.42. The normalized spacial score (nSPS) is 14.1. The lowest BCUT2D eigenvalue weighted by molar-refractivity contribution is 0.554. The Hall–Kier alpha value is -1.09. The maximum atomic E-state index is 13.6. The number of nitrogens with zero attached hydrogens (tertiary/aromatic N) is 1. The van der Waals surface area contributed by atoms with Crippen molar-refractivity contribution in [3.05, 3.63) is 29.6 Å². The average Bonchev–Trinajstić information content (AvgIpc) is 2.46. The Morgan fingerprint density at radius 2 is 1.90 bits per heavy atom. The third-order valence-corrected chi connectivity index (χ3v) is 3.93. The van der Waals surface area contributed by atoms with Crippen molar-refractivity contribution >= 4 is 5.69 Å². The van der Waals surface area contributed by atoms with Crippen molar-refractivity contribution in [2.45, 2.75) is 59.5 Å². The van der Waals surface area contributed by atoms with Gasteiger partial charge in [0.2, 0.25) is 0 Å². The van der Waals surface area contributed by atoms with Crippen molar-refractivity contribution in [3.8, 4) is 0 Å². The van der Waals surface area contributed by atoms with Gasteiger partial charge in [-0.15, -0.1) is 0 Å². The summed E-state index contributed by atoms with van der Waals surface area (Å²) in [6.07, 6.45) is 2.17. The molecule has 0 spiro atoms. The number of anilines is 1. The first-order valence-corrected chi connectivity index (χ1v) is 7.84. The van der Waals surface area contributed by atoms with E-state index in [0.29, 0.717) is 6.04 Å². The molecule has 2 unspecified atom stereocenters. The average molecular weight is 280 g/mol. The summed E-state index contributed by atoms with van der Waals surface area (Å²) in [5, 5.41) is 3.46. The van der Waals surface area contributed by atoms with Crippen LogP contribution in [-0.4, -0.2) is 19.1 Å². The maximum Gasteiger partial charge on any atom is 0.123 e. The van der Waals surface area contributed by atoms with E-state index in [1.807, 2.05) is 6.07 Å². The van der Waals surface area contributed by atoms with Gasteiger partial charge in [0.25, 0.3) is 0 Å². The van der Waals surface area contributed by atoms with E-state index in [2.05, 4.69) is 44.8 Å². The molecule has 0 aliphatic carbocycles. The predicted molar refractivity (Wildman–Crippen MR) is 85.9 cm³/mol. The molecule has 0 saturated carbocycles. The minimum absolute atomic E-state index is 0.158. The van der Waals surface area contributed by atoms with Gasteiger partial charge in [-0.3, -0.25) is 0 Å². The highest BCUT2D eigenvalue weighted by Gasteiger charge is 2.18. The fraction of sp³-hybridized carbons (Fsp3) is 0.647. The summed E-state index contributed by atoms with van der Waals surface area (Å²) in [4.78, 5) is 2.36. The van der Waals surface area contributed by atoms with Gasteiger partial charge in [0, 0.05) is 24.3 Å². The fourth-order valence-electron chi connectivity index (χ4n) is 2.54. The van der Waals surface area contributed by atoms with Gasteiger partial charge in [-0.25, -0.2) is 4.39 Å². The van der Waals surface area contributed by atoms with Crippen LogP contribution in [0.15, 0.2) is 18.2 Å². The molecule has 0 saturated heterocycles. The van der Waals surface area contributed by atoms with Crippen molar-refractivity contribution in [2.24, 2.45) is 0 Å². The molecule has 0 fully saturated rings. The topological polar surface area (TPSA) is 15.3 Å². The van der Waals surface area contributed by atoms with Crippen LogP contribution in [0.4, 0.5) is 10.1 Å². The van der Waals surface area contributed by atoms with Gasteiger partial charge >= 0.3 is 0 Å². The predicted octanol–water partition coefficient (Wildman–Crippen LogP) is 4.51. The van der Waals surface area contributed by atoms with Crippen LogP contribution in [0.3, 0.4) is 0 Å². The number of hydrogen-bond acceptors (Lipinski definition) is 2. The molecule has 2 nitrogen and oxygen atoms in total. The first-order valence-electron chi connectivity index (χ1n) is 7.84. The molecule has 1 aromatic carbocycles. The highest BCUT2D eigenvalue weighted by molar-refractivity contribution is 5.55. The Kier molecular flexibility index (Phi) is 7.00. The van der Waals surface area contributed by atoms with Crippen molar-refractivity contribution in [3.63, 3.8) is 0 Å². The molecule has 0 heterocycles. The maximum absolute atomic E-state index is 13.6. The summed E-state index contributed by atoms with van der Waals surface area (Å²) in [7, 11) is 0. The zero-order chi connectivity index (χ0) is 15.1. The van der Waals surface area contributed by atoms with Crippen molar-refractivity contribution in [1.82, 2.24) is 5.32 Å². The van der Waals surface area contributed by atoms with E-state index in [1.54, 1.807) is 12.1 Å². The molecular weight excluding hydrogens is 251 g/mol. The summed E-state index contributed by atoms with van der Waals surface area (Å²) < 4.78 is 13.6. The standard InChI is InChI=1S/C17H29FN2/c1-6-11-19-14(5)16-12-15(18)9-10-17(16)20(8-3)13(4)7-2/h9-10,12-14,19H,6-8,11H2,1-5H3. The fourth-order valence-corrected chi connectivity index (χ4v) is 2.54. The highest BCUT2D eigenvalue weighted by atomic mass is 19.1. The first kappa shape index (κ1) is 17.0. The van der Waals surface area contributed by atoms with Crippen LogP contribution in [0, 0.1) is 5.82 Å². The van der Waals surface area contributed by atoms with Crippen LogP contribution in [0.1, 0.15) is 59.1 Å². The van der Waals surface area contributed by atoms with Gasteiger partial charge < -0.3 is 10.2 Å². The molecule has 0 aromatic heterocycles. The van der Waals surface area contributed by atoms with Crippen molar-refractivity contribution < 1.29 is 4.39 Å². The van der Waals surface area contributed by atoms with E-state index >= 15 is 0 Å². The van der Waals surface area contributed by atoms with Crippen LogP contribution in [-0.2, 0) is 0 Å². The van der Waals surface area contributed by atoms with Gasteiger partial charge in [-0.2, -0.15) is 0 Å². The van der Waals surface area contributed by atoms with Crippen LogP contribution < -0.4 is 10.2 Å². The minimum Gasteiger partial charge on any atom is -0.369 e. The second-order valence-corrected chi connectivity index (χ2v) is 5.42. The number of hydrogen-bond donors (Lipinski definition) is 1. The molecular formula is C17H29FN2. The molecule has 114 valence electrons. The zero-order valence-corrected chi connectivity index (χ0v) is 13.5. The number of rotatable bonds is 8. The molecule has 0 radical (unpaired) electrons. The van der Waals surface area contributed by atoms with Crippen molar-refractivity contribution in [2.75, 3.05) is 18.0 Å². The summed E-state index contributed by atoms with van der Waals surface area (Å²) in [6.45, 7) is 12.7. The molecule has 0 aliphatic heterocycles. The Morgan fingerprint density at radius 3 is 2.45 bits per heavy atom. The summed E-state index contributed by atoms with van der Waals surface area (Å²) in [5.74, 6) is -0.158. The highest BCUT2D eigenvalue weighted by Crippen LogP contribution is 2.29. The van der Waals surface area contributed by atoms with Gasteiger partial charge in [0.15, 0.2) is 0 Å². The third-order valence-electron chi connectivity index (χ3n) is 3.93.